The van der Waals surface area contributed by atoms with Crippen LogP contribution in [0.25, 0.3) is 0 Å². The van der Waals surface area contributed by atoms with E-state index in [-0.39, 0.29) is 22.9 Å². The molecule has 1 aliphatic heterocycles. The van der Waals surface area contributed by atoms with Gasteiger partial charge in [0.2, 0.25) is 0 Å². The molecular weight excluding hydrogens is 436 g/mol. The van der Waals surface area contributed by atoms with Crippen molar-refractivity contribution in [3.8, 4) is 11.5 Å². The van der Waals surface area contributed by atoms with Gasteiger partial charge in [0.1, 0.15) is 22.8 Å². The lowest BCUT2D eigenvalue weighted by molar-refractivity contribution is -0.137. The number of hydrogen-bond donors (Lipinski definition) is 2. The number of carboxylic acid groups (broad SMARTS) is 1. The van der Waals surface area contributed by atoms with Gasteiger partial charge in [-0.05, 0) is 42.9 Å². The van der Waals surface area contributed by atoms with Crippen LogP contribution < -0.4 is 4.74 Å². The molecule has 1 aromatic rings. The zero-order valence-corrected chi connectivity index (χ0v) is 20.2. The van der Waals surface area contributed by atoms with Crippen LogP contribution in [0.5, 0.6) is 11.5 Å². The van der Waals surface area contributed by atoms with Gasteiger partial charge in [-0.2, -0.15) is 0 Å². The number of aromatic carboxylic acids is 1. The molecule has 7 heteroatoms. The summed E-state index contributed by atoms with van der Waals surface area (Å²) in [5.41, 5.74) is -0.472. The predicted octanol–water partition coefficient (Wildman–Crippen LogP) is 5.38. The first-order chi connectivity index (χ1) is 16.3. The fraction of sp³-hybridized carbons (Fsp3) is 0.519. The molecule has 2 N–H and O–H groups in total. The summed E-state index contributed by atoms with van der Waals surface area (Å²) in [7, 11) is 1.39. The molecule has 184 valence electrons. The quantitative estimate of drug-likeness (QED) is 0.240. The molecular formula is C27H34O7. The standard InChI is InChI=1S/C27H34O7/c1-4-6-8-9-11-12-17-14-18(28)15-22(33-3)27(17)24-19(13-10-7-5-2)23(25(30)31)20(29)16-21(24)34-26(27)32/h14-16,29H,4-13H2,1-3H3,(H,30,31)/t27-/m0/s1. The van der Waals surface area contributed by atoms with E-state index in [0.29, 0.717) is 36.0 Å². The number of carbonyl (C=O) groups excluding carboxylic acids is 2. The van der Waals surface area contributed by atoms with Crippen molar-refractivity contribution in [2.24, 2.45) is 0 Å². The highest BCUT2D eigenvalue weighted by Crippen LogP contribution is 2.55. The van der Waals surface area contributed by atoms with Crippen molar-refractivity contribution in [3.63, 3.8) is 0 Å². The summed E-state index contributed by atoms with van der Waals surface area (Å²) in [6.07, 6.45) is 11.0. The van der Waals surface area contributed by atoms with Gasteiger partial charge >= 0.3 is 11.9 Å². The molecule has 1 heterocycles. The molecule has 0 bridgehead atoms. The van der Waals surface area contributed by atoms with Gasteiger partial charge in [-0.3, -0.25) is 4.79 Å². The molecule has 0 amide bonds. The average molecular weight is 471 g/mol. The minimum absolute atomic E-state index is 0.119. The molecule has 7 nitrogen and oxygen atoms in total. The van der Waals surface area contributed by atoms with E-state index in [1.807, 2.05) is 6.92 Å². The molecule has 34 heavy (non-hydrogen) atoms. The summed E-state index contributed by atoms with van der Waals surface area (Å²) in [4.78, 5) is 38.3. The Bertz CT molecular complexity index is 1030. The Morgan fingerprint density at radius 1 is 1.00 bits per heavy atom. The molecule has 1 atom stereocenters. The largest absolute Gasteiger partial charge is 0.507 e. The normalized spacial score (nSPS) is 19.0. The first-order valence-electron chi connectivity index (χ1n) is 12.2. The Morgan fingerprint density at radius 3 is 2.29 bits per heavy atom. The second-order valence-electron chi connectivity index (χ2n) is 8.97. The van der Waals surface area contributed by atoms with Crippen LogP contribution in [0, 0.1) is 0 Å². The molecule has 0 unspecified atom stereocenters. The Hall–Kier alpha value is -3.09. The molecule has 2 aliphatic rings. The number of fused-ring (bicyclic) bond motifs is 2. The number of unbranched alkanes of at least 4 members (excludes halogenated alkanes) is 6. The van der Waals surface area contributed by atoms with Gasteiger partial charge in [0.05, 0.1) is 7.11 Å². The van der Waals surface area contributed by atoms with E-state index < -0.39 is 23.1 Å². The summed E-state index contributed by atoms with van der Waals surface area (Å²) >= 11 is 0. The van der Waals surface area contributed by atoms with Crippen molar-refractivity contribution in [1.29, 1.82) is 0 Å². The molecule has 0 saturated heterocycles. The third kappa shape index (κ3) is 4.48. The number of ketones is 1. The Balaban J connectivity index is 2.21. The maximum absolute atomic E-state index is 13.6. The van der Waals surface area contributed by atoms with Crippen LogP contribution in [-0.4, -0.2) is 35.0 Å². The van der Waals surface area contributed by atoms with Crippen molar-refractivity contribution >= 4 is 17.7 Å². The van der Waals surface area contributed by atoms with Crippen LogP contribution in [0.3, 0.4) is 0 Å². The Kier molecular flexibility index (Phi) is 8.18. The van der Waals surface area contributed by atoms with Gasteiger partial charge in [-0.25, -0.2) is 9.59 Å². The van der Waals surface area contributed by atoms with E-state index in [2.05, 4.69) is 6.92 Å². The van der Waals surface area contributed by atoms with Gasteiger partial charge in [0, 0.05) is 17.7 Å². The van der Waals surface area contributed by atoms with Crippen molar-refractivity contribution in [3.05, 3.63) is 46.2 Å². The van der Waals surface area contributed by atoms with Gasteiger partial charge in [0.25, 0.3) is 0 Å². The third-order valence-corrected chi connectivity index (χ3v) is 6.71. The lowest BCUT2D eigenvalue weighted by Gasteiger charge is -2.34. The van der Waals surface area contributed by atoms with Crippen molar-refractivity contribution in [2.45, 2.75) is 83.5 Å². The number of esters is 1. The number of hydrogen-bond acceptors (Lipinski definition) is 6. The topological polar surface area (TPSA) is 110 Å². The van der Waals surface area contributed by atoms with Crippen molar-refractivity contribution < 1.29 is 34.1 Å². The smallest absolute Gasteiger partial charge is 0.339 e. The van der Waals surface area contributed by atoms with Crippen LogP contribution in [-0.2, 0) is 26.2 Å². The Morgan fingerprint density at radius 2 is 1.65 bits per heavy atom. The number of phenols is 1. The van der Waals surface area contributed by atoms with E-state index in [1.165, 1.54) is 25.3 Å². The highest BCUT2D eigenvalue weighted by Gasteiger charge is 2.59. The van der Waals surface area contributed by atoms with Gasteiger partial charge in [-0.1, -0.05) is 52.4 Å². The molecule has 1 aromatic carbocycles. The van der Waals surface area contributed by atoms with Gasteiger partial charge in [-0.15, -0.1) is 0 Å². The summed E-state index contributed by atoms with van der Waals surface area (Å²) in [6, 6.07) is 1.19. The molecule has 0 radical (unpaired) electrons. The van der Waals surface area contributed by atoms with E-state index in [9.17, 15) is 24.6 Å². The second-order valence-corrected chi connectivity index (χ2v) is 8.97. The van der Waals surface area contributed by atoms with E-state index in [1.54, 1.807) is 0 Å². The van der Waals surface area contributed by atoms with Gasteiger partial charge in [0.15, 0.2) is 11.2 Å². The first kappa shape index (κ1) is 25.5. The summed E-state index contributed by atoms with van der Waals surface area (Å²) in [6.45, 7) is 4.17. The molecule has 0 saturated carbocycles. The molecule has 1 aliphatic carbocycles. The maximum Gasteiger partial charge on any atom is 0.339 e. The van der Waals surface area contributed by atoms with Crippen LogP contribution in [0.4, 0.5) is 0 Å². The fourth-order valence-corrected chi connectivity index (χ4v) is 5.13. The zero-order valence-electron chi connectivity index (χ0n) is 20.2. The van der Waals surface area contributed by atoms with Crippen LogP contribution in [0.2, 0.25) is 0 Å². The number of carbonyl (C=O) groups is 3. The zero-order chi connectivity index (χ0) is 24.9. The fourth-order valence-electron chi connectivity index (χ4n) is 5.13. The van der Waals surface area contributed by atoms with Crippen LogP contribution in [0.1, 0.15) is 93.1 Å². The van der Waals surface area contributed by atoms with E-state index >= 15 is 0 Å². The van der Waals surface area contributed by atoms with E-state index in [4.69, 9.17) is 9.47 Å². The minimum atomic E-state index is -1.53. The Labute approximate surface area is 200 Å². The number of rotatable bonds is 12. The summed E-state index contributed by atoms with van der Waals surface area (Å²) in [5.74, 6) is -2.39. The lowest BCUT2D eigenvalue weighted by Crippen LogP contribution is -2.42. The van der Waals surface area contributed by atoms with Crippen LogP contribution >= 0.6 is 0 Å². The average Bonchev–Trinajstić information content (AvgIpc) is 3.07. The maximum atomic E-state index is 13.6. The second kappa shape index (κ2) is 10.9. The molecule has 0 fully saturated rings. The molecule has 0 aromatic heterocycles. The highest BCUT2D eigenvalue weighted by atomic mass is 16.5. The van der Waals surface area contributed by atoms with E-state index in [0.717, 1.165) is 44.9 Å². The number of allylic oxidation sites excluding steroid dienone is 2. The van der Waals surface area contributed by atoms with Crippen molar-refractivity contribution in [1.82, 2.24) is 0 Å². The highest BCUT2D eigenvalue weighted by molar-refractivity contribution is 6.09. The monoisotopic (exact) mass is 470 g/mol. The molecule has 1 spiro atoms. The summed E-state index contributed by atoms with van der Waals surface area (Å²) < 4.78 is 11.2. The first-order valence-corrected chi connectivity index (χ1v) is 12.2. The van der Waals surface area contributed by atoms with Gasteiger partial charge < -0.3 is 19.7 Å². The SMILES string of the molecule is CCCCCCCC1=CC(=O)C=C(OC)[C@@]12C(=O)Oc1cc(O)c(C(=O)O)c(CCCCC)c12. The van der Waals surface area contributed by atoms with Crippen LogP contribution in [0.15, 0.2) is 29.6 Å². The van der Waals surface area contributed by atoms with Crippen molar-refractivity contribution in [2.75, 3.05) is 7.11 Å². The number of ether oxygens (including phenoxy) is 2. The predicted molar refractivity (Wildman–Crippen MR) is 127 cm³/mol. The number of benzene rings is 1. The number of carboxylic acids is 1. The third-order valence-electron chi connectivity index (χ3n) is 6.71. The summed E-state index contributed by atoms with van der Waals surface area (Å²) in [5, 5.41) is 20.5. The number of methoxy groups -OCH3 is 1. The minimum Gasteiger partial charge on any atom is -0.507 e. The molecule has 3 rings (SSSR count). The number of aromatic hydroxyl groups is 1. The lowest BCUT2D eigenvalue weighted by atomic mass is 9.66.